The molecule has 2 heterocycles. The summed E-state index contributed by atoms with van der Waals surface area (Å²) in [7, 11) is -3.38. The number of rotatable bonds is 6. The highest BCUT2D eigenvalue weighted by molar-refractivity contribution is 7.89. The van der Waals surface area contributed by atoms with E-state index in [1.807, 2.05) is 13.8 Å². The van der Waals surface area contributed by atoms with Crippen LogP contribution >= 0.6 is 11.3 Å². The first-order valence-corrected chi connectivity index (χ1v) is 10.9. The van der Waals surface area contributed by atoms with Crippen molar-refractivity contribution >= 4 is 32.4 Å². The van der Waals surface area contributed by atoms with E-state index in [2.05, 4.69) is 10.3 Å². The molecule has 1 aliphatic rings. The number of sulfonamides is 1. The van der Waals surface area contributed by atoms with Crippen molar-refractivity contribution in [3.63, 3.8) is 0 Å². The van der Waals surface area contributed by atoms with Gasteiger partial charge in [-0.3, -0.25) is 4.79 Å². The molecular formula is C18H23N3O3S2. The molecule has 8 heteroatoms. The van der Waals surface area contributed by atoms with Crippen LogP contribution in [0, 0.1) is 13.8 Å². The first-order chi connectivity index (χ1) is 12.4. The highest BCUT2D eigenvalue weighted by Gasteiger charge is 2.26. The largest absolute Gasteiger partial charge is 0.302 e. The molecule has 1 aromatic heterocycles. The van der Waals surface area contributed by atoms with Crippen LogP contribution in [0.25, 0.3) is 0 Å². The molecule has 0 saturated carbocycles. The fourth-order valence-electron chi connectivity index (χ4n) is 2.87. The number of nitrogens with zero attached hydrogens (tertiary/aromatic N) is 2. The summed E-state index contributed by atoms with van der Waals surface area (Å²) >= 11 is 1.47. The molecule has 6 nitrogen and oxygen atoms in total. The van der Waals surface area contributed by atoms with Crippen molar-refractivity contribution in [2.24, 2.45) is 0 Å². The lowest BCUT2D eigenvalue weighted by Crippen LogP contribution is -2.27. The Balaban J connectivity index is 1.56. The first-order valence-electron chi connectivity index (χ1n) is 8.69. The van der Waals surface area contributed by atoms with E-state index in [1.54, 1.807) is 24.3 Å². The van der Waals surface area contributed by atoms with Crippen LogP contribution < -0.4 is 5.32 Å². The zero-order valence-electron chi connectivity index (χ0n) is 15.0. The molecular weight excluding hydrogens is 370 g/mol. The average molecular weight is 394 g/mol. The van der Waals surface area contributed by atoms with Gasteiger partial charge in [0.2, 0.25) is 15.9 Å². The number of nitrogens with one attached hydrogen (secondary N) is 1. The van der Waals surface area contributed by atoms with Crippen molar-refractivity contribution in [3.8, 4) is 0 Å². The SMILES string of the molecule is Cc1nc(NC(=O)CCc2ccc(S(=O)(=O)N3CCCC3)cc2)sc1C. The molecule has 2 aromatic rings. The number of aryl methyl sites for hydroxylation is 3. The fraction of sp³-hybridized carbons (Fsp3) is 0.444. The van der Waals surface area contributed by atoms with Crippen LogP contribution in [0.1, 0.15) is 35.4 Å². The zero-order chi connectivity index (χ0) is 18.7. The second kappa shape index (κ2) is 7.85. The molecule has 0 spiro atoms. The molecule has 0 atom stereocenters. The van der Waals surface area contributed by atoms with E-state index in [-0.39, 0.29) is 5.91 Å². The third kappa shape index (κ3) is 4.31. The van der Waals surface area contributed by atoms with Crippen LogP contribution in [0.2, 0.25) is 0 Å². The first kappa shape index (κ1) is 19.0. The number of carbonyl (C=O) groups excluding carboxylic acids is 1. The Labute approximate surface area is 158 Å². The smallest absolute Gasteiger partial charge is 0.243 e. The van der Waals surface area contributed by atoms with Gasteiger partial charge in [-0.25, -0.2) is 13.4 Å². The maximum Gasteiger partial charge on any atom is 0.243 e. The summed E-state index contributed by atoms with van der Waals surface area (Å²) in [6.07, 6.45) is 2.73. The molecule has 3 rings (SSSR count). The van der Waals surface area contributed by atoms with Crippen LogP contribution in [0.4, 0.5) is 5.13 Å². The van der Waals surface area contributed by atoms with E-state index < -0.39 is 10.0 Å². The molecule has 1 aliphatic heterocycles. The molecule has 0 radical (unpaired) electrons. The Morgan fingerprint density at radius 1 is 1.19 bits per heavy atom. The summed E-state index contributed by atoms with van der Waals surface area (Å²) < 4.78 is 26.5. The Bertz CT molecular complexity index is 863. The molecule has 1 aromatic carbocycles. The minimum absolute atomic E-state index is 0.0903. The second-order valence-corrected chi connectivity index (χ2v) is 9.61. The van der Waals surface area contributed by atoms with Crippen LogP contribution in [0.3, 0.4) is 0 Å². The minimum atomic E-state index is -3.38. The number of anilines is 1. The number of hydrogen-bond acceptors (Lipinski definition) is 5. The highest BCUT2D eigenvalue weighted by atomic mass is 32.2. The van der Waals surface area contributed by atoms with Crippen LogP contribution in [-0.2, 0) is 21.2 Å². The van der Waals surface area contributed by atoms with E-state index in [4.69, 9.17) is 0 Å². The highest BCUT2D eigenvalue weighted by Crippen LogP contribution is 2.22. The van der Waals surface area contributed by atoms with E-state index in [1.165, 1.54) is 15.6 Å². The predicted molar refractivity (Wildman–Crippen MR) is 103 cm³/mol. The van der Waals surface area contributed by atoms with E-state index in [0.29, 0.717) is 36.0 Å². The summed E-state index contributed by atoms with van der Waals surface area (Å²) in [5.74, 6) is -0.0903. The molecule has 0 aliphatic carbocycles. The monoisotopic (exact) mass is 393 g/mol. The van der Waals surface area contributed by atoms with Crippen molar-refractivity contribution in [2.45, 2.75) is 44.4 Å². The van der Waals surface area contributed by atoms with Gasteiger partial charge < -0.3 is 5.32 Å². The zero-order valence-corrected chi connectivity index (χ0v) is 16.6. The van der Waals surface area contributed by atoms with Crippen molar-refractivity contribution in [1.29, 1.82) is 0 Å². The molecule has 1 saturated heterocycles. The topological polar surface area (TPSA) is 79.4 Å². The van der Waals surface area contributed by atoms with E-state index in [9.17, 15) is 13.2 Å². The van der Waals surface area contributed by atoms with Gasteiger partial charge in [-0.15, -0.1) is 11.3 Å². The van der Waals surface area contributed by atoms with Gasteiger partial charge in [-0.2, -0.15) is 4.31 Å². The molecule has 0 unspecified atom stereocenters. The van der Waals surface area contributed by atoms with Crippen LogP contribution in [0.5, 0.6) is 0 Å². The number of amides is 1. The Hall–Kier alpha value is -1.77. The Morgan fingerprint density at radius 2 is 1.85 bits per heavy atom. The number of carbonyl (C=O) groups is 1. The number of thiazole rings is 1. The Kier molecular flexibility index (Phi) is 5.74. The minimum Gasteiger partial charge on any atom is -0.302 e. The van der Waals surface area contributed by atoms with Gasteiger partial charge in [0.05, 0.1) is 10.6 Å². The normalized spacial score (nSPS) is 15.3. The number of aromatic nitrogens is 1. The van der Waals surface area contributed by atoms with Crippen LogP contribution in [-0.4, -0.2) is 36.7 Å². The van der Waals surface area contributed by atoms with Crippen molar-refractivity contribution in [3.05, 3.63) is 40.4 Å². The van der Waals surface area contributed by atoms with E-state index in [0.717, 1.165) is 29.0 Å². The van der Waals surface area contributed by atoms with Gasteiger partial charge >= 0.3 is 0 Å². The maximum absolute atomic E-state index is 12.5. The quantitative estimate of drug-likeness (QED) is 0.818. The summed E-state index contributed by atoms with van der Waals surface area (Å²) in [5, 5.41) is 3.43. The lowest BCUT2D eigenvalue weighted by Gasteiger charge is -2.15. The number of hydrogen-bond donors (Lipinski definition) is 1. The second-order valence-electron chi connectivity index (χ2n) is 6.46. The van der Waals surface area contributed by atoms with Gasteiger partial charge in [-0.1, -0.05) is 12.1 Å². The fourth-order valence-corrected chi connectivity index (χ4v) is 5.22. The van der Waals surface area contributed by atoms with Crippen molar-refractivity contribution in [1.82, 2.24) is 9.29 Å². The van der Waals surface area contributed by atoms with Crippen molar-refractivity contribution in [2.75, 3.05) is 18.4 Å². The van der Waals surface area contributed by atoms with Crippen molar-refractivity contribution < 1.29 is 13.2 Å². The number of benzene rings is 1. The molecule has 1 fully saturated rings. The van der Waals surface area contributed by atoms with Gasteiger partial charge in [0.15, 0.2) is 5.13 Å². The van der Waals surface area contributed by atoms with Crippen LogP contribution in [0.15, 0.2) is 29.2 Å². The molecule has 0 bridgehead atoms. The molecule has 1 amide bonds. The summed E-state index contributed by atoms with van der Waals surface area (Å²) in [6.45, 7) is 5.08. The standard InChI is InChI=1S/C18H23N3O3S2/c1-13-14(2)25-18(19-13)20-17(22)10-7-15-5-8-16(9-6-15)26(23,24)21-11-3-4-12-21/h5-6,8-9H,3-4,7,10-12H2,1-2H3,(H,19,20,22). The third-order valence-corrected chi connectivity index (χ3v) is 7.44. The summed E-state index contributed by atoms with van der Waals surface area (Å²) in [5.41, 5.74) is 1.87. The molecule has 26 heavy (non-hydrogen) atoms. The lowest BCUT2D eigenvalue weighted by molar-refractivity contribution is -0.116. The predicted octanol–water partition coefficient (Wildman–Crippen LogP) is 3.12. The average Bonchev–Trinajstić information content (AvgIpc) is 3.24. The maximum atomic E-state index is 12.5. The molecule has 1 N–H and O–H groups in total. The molecule has 140 valence electrons. The Morgan fingerprint density at radius 3 is 2.42 bits per heavy atom. The summed E-state index contributed by atoms with van der Waals surface area (Å²) in [4.78, 5) is 17.8. The van der Waals surface area contributed by atoms with E-state index >= 15 is 0 Å². The van der Waals surface area contributed by atoms with Gasteiger partial charge in [0.1, 0.15) is 0 Å². The van der Waals surface area contributed by atoms with Gasteiger partial charge in [0.25, 0.3) is 0 Å². The van der Waals surface area contributed by atoms with Gasteiger partial charge in [0, 0.05) is 24.4 Å². The third-order valence-electron chi connectivity index (χ3n) is 4.54. The van der Waals surface area contributed by atoms with Gasteiger partial charge in [-0.05, 0) is 50.8 Å². The lowest BCUT2D eigenvalue weighted by atomic mass is 10.1. The summed E-state index contributed by atoms with van der Waals surface area (Å²) in [6, 6.07) is 6.84.